The van der Waals surface area contributed by atoms with Gasteiger partial charge in [-0.2, -0.15) is 0 Å². The Morgan fingerprint density at radius 2 is 1.61 bits per heavy atom. The lowest BCUT2D eigenvalue weighted by molar-refractivity contribution is -0.142. The van der Waals surface area contributed by atoms with Gasteiger partial charge in [0, 0.05) is 38.3 Å². The second kappa shape index (κ2) is 8.44. The Balaban J connectivity index is 1.36. The maximum absolute atomic E-state index is 12.9. The number of rotatable bonds is 4. The van der Waals surface area contributed by atoms with E-state index in [4.69, 9.17) is 9.47 Å². The number of nitrogens with zero attached hydrogens (tertiary/aromatic N) is 2. The normalized spacial score (nSPS) is 19.5. The van der Waals surface area contributed by atoms with E-state index in [0.29, 0.717) is 44.1 Å². The van der Waals surface area contributed by atoms with Crippen LogP contribution in [-0.2, 0) is 9.53 Å². The highest BCUT2D eigenvalue weighted by molar-refractivity contribution is 5.95. The molecule has 0 N–H and O–H groups in total. The zero-order chi connectivity index (χ0) is 19.3. The first kappa shape index (κ1) is 18.5. The van der Waals surface area contributed by atoms with Crippen LogP contribution in [0.2, 0.25) is 0 Å². The molecular weight excluding hydrogens is 356 g/mol. The lowest BCUT2D eigenvalue weighted by Crippen LogP contribution is -2.52. The molecule has 2 amide bonds. The van der Waals surface area contributed by atoms with Crippen LogP contribution in [0.25, 0.3) is 0 Å². The number of ether oxygens (including phenoxy) is 2. The largest absolute Gasteiger partial charge is 0.457 e. The summed E-state index contributed by atoms with van der Waals surface area (Å²) in [5, 5.41) is 0. The lowest BCUT2D eigenvalue weighted by Gasteiger charge is -2.35. The topological polar surface area (TPSA) is 59.1 Å². The van der Waals surface area contributed by atoms with E-state index in [9.17, 15) is 9.59 Å². The van der Waals surface area contributed by atoms with Gasteiger partial charge in [-0.1, -0.05) is 24.3 Å². The van der Waals surface area contributed by atoms with Gasteiger partial charge >= 0.3 is 0 Å². The lowest BCUT2D eigenvalue weighted by atomic mass is 10.1. The Morgan fingerprint density at radius 1 is 0.893 bits per heavy atom. The maximum Gasteiger partial charge on any atom is 0.254 e. The molecule has 4 rings (SSSR count). The summed E-state index contributed by atoms with van der Waals surface area (Å²) in [5.74, 6) is 1.38. The summed E-state index contributed by atoms with van der Waals surface area (Å²) < 4.78 is 11.3. The monoisotopic (exact) mass is 380 g/mol. The maximum atomic E-state index is 12.9. The van der Waals surface area contributed by atoms with Crippen LogP contribution in [0.3, 0.4) is 0 Å². The Labute approximate surface area is 164 Å². The molecule has 0 radical (unpaired) electrons. The van der Waals surface area contributed by atoms with Crippen molar-refractivity contribution in [1.29, 1.82) is 0 Å². The molecule has 28 heavy (non-hydrogen) atoms. The standard InChI is InChI=1S/C22H24N2O4/c25-21(17-6-4-9-19(16-17)28-18-7-2-1-3-8-18)23-11-13-24(14-12-23)22(26)20-10-5-15-27-20/h1-4,6-9,16,20H,5,10-15H2/t20-/m0/s1. The van der Waals surface area contributed by atoms with Crippen molar-refractivity contribution < 1.29 is 19.1 Å². The number of hydrogen-bond donors (Lipinski definition) is 0. The third kappa shape index (κ3) is 4.17. The first-order chi connectivity index (χ1) is 13.7. The number of amides is 2. The summed E-state index contributed by atoms with van der Waals surface area (Å²) >= 11 is 0. The highest BCUT2D eigenvalue weighted by Crippen LogP contribution is 2.23. The fourth-order valence-corrected chi connectivity index (χ4v) is 3.61. The molecule has 0 aliphatic carbocycles. The SMILES string of the molecule is O=C(c1cccc(Oc2ccccc2)c1)N1CCN(C(=O)[C@@H]2CCCO2)CC1. The molecule has 146 valence electrons. The molecule has 0 aromatic heterocycles. The fourth-order valence-electron chi connectivity index (χ4n) is 3.61. The molecule has 1 atom stereocenters. The average Bonchev–Trinajstić information content (AvgIpc) is 3.29. The Kier molecular flexibility index (Phi) is 5.58. The number of carbonyl (C=O) groups is 2. The van der Waals surface area contributed by atoms with E-state index >= 15 is 0 Å². The molecule has 6 nitrogen and oxygen atoms in total. The van der Waals surface area contributed by atoms with Crippen LogP contribution >= 0.6 is 0 Å². The van der Waals surface area contributed by atoms with Gasteiger partial charge in [0.15, 0.2) is 0 Å². The molecular formula is C22H24N2O4. The van der Waals surface area contributed by atoms with Gasteiger partial charge in [-0.15, -0.1) is 0 Å². The molecule has 2 fully saturated rings. The van der Waals surface area contributed by atoms with Crippen molar-refractivity contribution >= 4 is 11.8 Å². The van der Waals surface area contributed by atoms with Gasteiger partial charge in [0.2, 0.25) is 0 Å². The smallest absolute Gasteiger partial charge is 0.254 e. The van der Waals surface area contributed by atoms with Gasteiger partial charge in [0.25, 0.3) is 11.8 Å². The predicted octanol–water partition coefficient (Wildman–Crippen LogP) is 2.94. The van der Waals surface area contributed by atoms with Gasteiger partial charge in [-0.25, -0.2) is 0 Å². The highest BCUT2D eigenvalue weighted by atomic mass is 16.5. The number of benzene rings is 2. The number of para-hydroxylation sites is 1. The van der Waals surface area contributed by atoms with E-state index in [0.717, 1.165) is 18.6 Å². The summed E-state index contributed by atoms with van der Waals surface area (Å²) in [4.78, 5) is 28.9. The predicted molar refractivity (Wildman–Crippen MR) is 104 cm³/mol. The quantitative estimate of drug-likeness (QED) is 0.818. The molecule has 2 aliphatic heterocycles. The second-order valence-electron chi connectivity index (χ2n) is 7.06. The fraction of sp³-hybridized carbons (Fsp3) is 0.364. The summed E-state index contributed by atoms with van der Waals surface area (Å²) in [7, 11) is 0. The van der Waals surface area contributed by atoms with Crippen LogP contribution < -0.4 is 4.74 Å². The van der Waals surface area contributed by atoms with Crippen LogP contribution in [0.1, 0.15) is 23.2 Å². The summed E-state index contributed by atoms with van der Waals surface area (Å²) in [6.07, 6.45) is 1.44. The third-order valence-electron chi connectivity index (χ3n) is 5.14. The van der Waals surface area contributed by atoms with Crippen LogP contribution in [0.4, 0.5) is 0 Å². The van der Waals surface area contributed by atoms with E-state index in [2.05, 4.69) is 0 Å². The minimum absolute atomic E-state index is 0.0391. The van der Waals surface area contributed by atoms with Gasteiger partial charge in [-0.3, -0.25) is 9.59 Å². The summed E-state index contributed by atoms with van der Waals surface area (Å²) in [5.41, 5.74) is 0.590. The molecule has 0 unspecified atom stereocenters. The molecule has 2 aromatic carbocycles. The van der Waals surface area contributed by atoms with Crippen molar-refractivity contribution in [3.05, 3.63) is 60.2 Å². The van der Waals surface area contributed by atoms with Gasteiger partial charge in [-0.05, 0) is 43.2 Å². The highest BCUT2D eigenvalue weighted by Gasteiger charge is 2.31. The molecule has 0 bridgehead atoms. The number of piperazine rings is 1. The van der Waals surface area contributed by atoms with E-state index in [-0.39, 0.29) is 17.9 Å². The van der Waals surface area contributed by atoms with Crippen molar-refractivity contribution in [2.45, 2.75) is 18.9 Å². The Morgan fingerprint density at radius 3 is 2.32 bits per heavy atom. The van der Waals surface area contributed by atoms with Crippen molar-refractivity contribution in [3.63, 3.8) is 0 Å². The van der Waals surface area contributed by atoms with Crippen molar-refractivity contribution in [3.8, 4) is 11.5 Å². The van der Waals surface area contributed by atoms with E-state index in [1.54, 1.807) is 17.0 Å². The van der Waals surface area contributed by atoms with Crippen LogP contribution in [0, 0.1) is 0 Å². The van der Waals surface area contributed by atoms with Gasteiger partial charge in [0.05, 0.1) is 0 Å². The molecule has 0 saturated carbocycles. The van der Waals surface area contributed by atoms with Gasteiger partial charge < -0.3 is 19.3 Å². The average molecular weight is 380 g/mol. The summed E-state index contributed by atoms with van der Waals surface area (Å²) in [6, 6.07) is 16.7. The second-order valence-corrected chi connectivity index (χ2v) is 7.06. The van der Waals surface area contributed by atoms with E-state index in [1.165, 1.54) is 0 Å². The zero-order valence-electron chi connectivity index (χ0n) is 15.8. The van der Waals surface area contributed by atoms with Crippen LogP contribution in [0.5, 0.6) is 11.5 Å². The van der Waals surface area contributed by atoms with Crippen molar-refractivity contribution in [2.24, 2.45) is 0 Å². The minimum Gasteiger partial charge on any atom is -0.457 e. The molecule has 2 aromatic rings. The van der Waals surface area contributed by atoms with E-state index in [1.807, 2.05) is 47.4 Å². The van der Waals surface area contributed by atoms with Crippen molar-refractivity contribution in [1.82, 2.24) is 9.80 Å². The summed E-state index contributed by atoms with van der Waals surface area (Å²) in [6.45, 7) is 2.81. The zero-order valence-corrected chi connectivity index (χ0v) is 15.8. The molecule has 2 aliphatic rings. The minimum atomic E-state index is -0.297. The number of hydrogen-bond acceptors (Lipinski definition) is 4. The molecule has 2 saturated heterocycles. The first-order valence-electron chi connectivity index (χ1n) is 9.73. The number of carbonyl (C=O) groups excluding carboxylic acids is 2. The van der Waals surface area contributed by atoms with Crippen molar-refractivity contribution in [2.75, 3.05) is 32.8 Å². The first-order valence-corrected chi connectivity index (χ1v) is 9.73. The Bertz CT molecular complexity index is 825. The van der Waals surface area contributed by atoms with Crippen LogP contribution in [-0.4, -0.2) is 60.5 Å². The van der Waals surface area contributed by atoms with Crippen LogP contribution in [0.15, 0.2) is 54.6 Å². The third-order valence-corrected chi connectivity index (χ3v) is 5.14. The van der Waals surface area contributed by atoms with Gasteiger partial charge in [0.1, 0.15) is 17.6 Å². The molecule has 0 spiro atoms. The molecule has 6 heteroatoms. The Hall–Kier alpha value is -2.86. The van der Waals surface area contributed by atoms with E-state index < -0.39 is 0 Å². The molecule has 2 heterocycles.